The molecule has 0 saturated heterocycles. The second-order valence-electron chi connectivity index (χ2n) is 5.12. The van der Waals surface area contributed by atoms with Crippen molar-refractivity contribution in [2.45, 2.75) is 13.8 Å². The van der Waals surface area contributed by atoms with Crippen LogP contribution in [0.5, 0.6) is 5.75 Å². The van der Waals surface area contributed by atoms with Gasteiger partial charge in [-0.1, -0.05) is 12.1 Å². The van der Waals surface area contributed by atoms with E-state index in [9.17, 15) is 9.59 Å². The fourth-order valence-electron chi connectivity index (χ4n) is 2.62. The number of aryl methyl sites for hydroxylation is 2. The molecule has 1 aromatic heterocycles. The third kappa shape index (κ3) is 3.08. The van der Waals surface area contributed by atoms with E-state index in [-0.39, 0.29) is 11.1 Å². The zero-order valence-electron chi connectivity index (χ0n) is 14.3. The van der Waals surface area contributed by atoms with Gasteiger partial charge in [0.05, 0.1) is 43.8 Å². The Hall–Kier alpha value is -2.89. The van der Waals surface area contributed by atoms with Crippen molar-refractivity contribution in [2.75, 3.05) is 21.3 Å². The Morgan fingerprint density at radius 3 is 1.92 bits per heavy atom. The van der Waals surface area contributed by atoms with E-state index >= 15 is 0 Å². The molecule has 0 spiro atoms. The summed E-state index contributed by atoms with van der Waals surface area (Å²) < 4.78 is 15.0. The monoisotopic (exact) mass is 329 g/mol. The highest BCUT2D eigenvalue weighted by molar-refractivity contribution is 6.07. The number of hydrogen-bond donors (Lipinski definition) is 0. The molecule has 1 heterocycles. The Morgan fingerprint density at radius 1 is 0.917 bits per heavy atom. The third-order valence-electron chi connectivity index (χ3n) is 3.70. The van der Waals surface area contributed by atoms with Gasteiger partial charge in [0.15, 0.2) is 0 Å². The molecule has 0 aliphatic rings. The number of pyridine rings is 1. The summed E-state index contributed by atoms with van der Waals surface area (Å²) in [7, 11) is 4.12. The van der Waals surface area contributed by atoms with Gasteiger partial charge in [-0.15, -0.1) is 0 Å². The molecule has 6 nitrogen and oxygen atoms in total. The molecule has 0 aliphatic heterocycles. The maximum atomic E-state index is 12.3. The summed E-state index contributed by atoms with van der Waals surface area (Å²) in [6.45, 7) is 3.40. The van der Waals surface area contributed by atoms with E-state index in [0.717, 1.165) is 0 Å². The first kappa shape index (κ1) is 17.5. The number of carbonyl (C=O) groups excluding carboxylic acids is 2. The third-order valence-corrected chi connectivity index (χ3v) is 3.70. The molecular weight excluding hydrogens is 310 g/mol. The number of aromatic nitrogens is 1. The average molecular weight is 329 g/mol. The standard InChI is InChI=1S/C18H19NO5/c1-10-14(17(20)23-4)16(12-7-6-8-13(9-12)22-3)15(11(2)19-10)18(21)24-5/h6-9H,1-5H3. The lowest BCUT2D eigenvalue weighted by Gasteiger charge is -2.17. The molecule has 1 aromatic carbocycles. The Kier molecular flexibility index (Phi) is 5.18. The van der Waals surface area contributed by atoms with Gasteiger partial charge in [0.1, 0.15) is 5.75 Å². The molecule has 0 fully saturated rings. The zero-order chi connectivity index (χ0) is 17.9. The van der Waals surface area contributed by atoms with Gasteiger partial charge in [0, 0.05) is 5.56 Å². The van der Waals surface area contributed by atoms with E-state index in [1.54, 1.807) is 45.2 Å². The van der Waals surface area contributed by atoms with Gasteiger partial charge >= 0.3 is 11.9 Å². The lowest BCUT2D eigenvalue weighted by molar-refractivity contribution is 0.0599. The number of esters is 2. The number of ether oxygens (including phenoxy) is 3. The van der Waals surface area contributed by atoms with Crippen LogP contribution in [0.3, 0.4) is 0 Å². The van der Waals surface area contributed by atoms with Crippen LogP contribution in [-0.4, -0.2) is 38.3 Å². The van der Waals surface area contributed by atoms with Crippen molar-refractivity contribution in [1.29, 1.82) is 0 Å². The largest absolute Gasteiger partial charge is 0.497 e. The summed E-state index contributed by atoms with van der Waals surface area (Å²) in [5.41, 5.74) is 2.49. The van der Waals surface area contributed by atoms with E-state index in [1.165, 1.54) is 14.2 Å². The van der Waals surface area contributed by atoms with Crippen LogP contribution in [0.1, 0.15) is 32.1 Å². The molecule has 0 radical (unpaired) electrons. The number of nitrogens with zero attached hydrogens (tertiary/aromatic N) is 1. The maximum absolute atomic E-state index is 12.3. The molecule has 0 bridgehead atoms. The van der Waals surface area contributed by atoms with Crippen LogP contribution in [0.2, 0.25) is 0 Å². The van der Waals surface area contributed by atoms with Gasteiger partial charge in [-0.25, -0.2) is 9.59 Å². The van der Waals surface area contributed by atoms with E-state index in [1.807, 2.05) is 0 Å². The summed E-state index contributed by atoms with van der Waals surface area (Å²) in [6.07, 6.45) is 0. The SMILES string of the molecule is COC(=O)c1c(C)nc(C)c(C(=O)OC)c1-c1cccc(OC)c1. The number of hydrogen-bond acceptors (Lipinski definition) is 6. The number of carbonyl (C=O) groups is 2. The second-order valence-corrected chi connectivity index (χ2v) is 5.12. The van der Waals surface area contributed by atoms with Gasteiger partial charge < -0.3 is 14.2 Å². The van der Waals surface area contributed by atoms with E-state index < -0.39 is 11.9 Å². The fourth-order valence-corrected chi connectivity index (χ4v) is 2.62. The minimum atomic E-state index is -0.567. The van der Waals surface area contributed by atoms with Crippen molar-refractivity contribution in [1.82, 2.24) is 4.98 Å². The number of methoxy groups -OCH3 is 3. The predicted molar refractivity (Wildman–Crippen MR) is 88.4 cm³/mol. The molecule has 0 unspecified atom stereocenters. The fraction of sp³-hybridized carbons (Fsp3) is 0.278. The Bertz CT molecular complexity index is 758. The summed E-state index contributed by atoms with van der Waals surface area (Å²) in [4.78, 5) is 28.9. The Morgan fingerprint density at radius 2 is 1.46 bits per heavy atom. The summed E-state index contributed by atoms with van der Waals surface area (Å²) in [6, 6.07) is 7.09. The van der Waals surface area contributed by atoms with Gasteiger partial charge in [0.2, 0.25) is 0 Å². The molecule has 0 saturated carbocycles. The highest BCUT2D eigenvalue weighted by atomic mass is 16.5. The van der Waals surface area contributed by atoms with Gasteiger partial charge in [0.25, 0.3) is 0 Å². The van der Waals surface area contributed by atoms with Crippen molar-refractivity contribution in [3.63, 3.8) is 0 Å². The molecule has 24 heavy (non-hydrogen) atoms. The predicted octanol–water partition coefficient (Wildman–Crippen LogP) is 2.95. The summed E-state index contributed by atoms with van der Waals surface area (Å²) in [5, 5.41) is 0. The molecule has 0 atom stereocenters. The van der Waals surface area contributed by atoms with E-state index in [4.69, 9.17) is 14.2 Å². The molecule has 6 heteroatoms. The van der Waals surface area contributed by atoms with Gasteiger partial charge in [-0.05, 0) is 31.5 Å². The van der Waals surface area contributed by atoms with E-state index in [2.05, 4.69) is 4.98 Å². The quantitative estimate of drug-likeness (QED) is 0.803. The van der Waals surface area contributed by atoms with Crippen LogP contribution in [0.25, 0.3) is 11.1 Å². The molecule has 0 aliphatic carbocycles. The lowest BCUT2D eigenvalue weighted by Crippen LogP contribution is -2.16. The van der Waals surface area contributed by atoms with Crippen molar-refractivity contribution < 1.29 is 23.8 Å². The molecule has 2 rings (SSSR count). The van der Waals surface area contributed by atoms with Crippen LogP contribution in [0.4, 0.5) is 0 Å². The molecule has 126 valence electrons. The van der Waals surface area contributed by atoms with Crippen LogP contribution in [0.15, 0.2) is 24.3 Å². The van der Waals surface area contributed by atoms with Crippen molar-refractivity contribution in [2.24, 2.45) is 0 Å². The minimum Gasteiger partial charge on any atom is -0.497 e. The van der Waals surface area contributed by atoms with Gasteiger partial charge in [-0.3, -0.25) is 4.98 Å². The van der Waals surface area contributed by atoms with Crippen molar-refractivity contribution in [3.05, 3.63) is 46.8 Å². The number of benzene rings is 1. The van der Waals surface area contributed by atoms with Crippen LogP contribution >= 0.6 is 0 Å². The number of rotatable bonds is 4. The lowest BCUT2D eigenvalue weighted by atomic mass is 9.92. The highest BCUT2D eigenvalue weighted by Gasteiger charge is 2.27. The smallest absolute Gasteiger partial charge is 0.340 e. The summed E-state index contributed by atoms with van der Waals surface area (Å²) >= 11 is 0. The maximum Gasteiger partial charge on any atom is 0.340 e. The van der Waals surface area contributed by atoms with Gasteiger partial charge in [-0.2, -0.15) is 0 Å². The molecular formula is C18H19NO5. The highest BCUT2D eigenvalue weighted by Crippen LogP contribution is 2.34. The average Bonchev–Trinajstić information content (AvgIpc) is 2.59. The summed E-state index contributed by atoms with van der Waals surface area (Å²) in [5.74, 6) is -0.530. The van der Waals surface area contributed by atoms with Crippen molar-refractivity contribution >= 4 is 11.9 Å². The minimum absolute atomic E-state index is 0.233. The molecule has 0 amide bonds. The van der Waals surface area contributed by atoms with Crippen LogP contribution in [0, 0.1) is 13.8 Å². The first-order chi connectivity index (χ1) is 11.4. The van der Waals surface area contributed by atoms with E-state index in [0.29, 0.717) is 28.3 Å². The van der Waals surface area contributed by atoms with Crippen molar-refractivity contribution in [3.8, 4) is 16.9 Å². The second kappa shape index (κ2) is 7.12. The van der Waals surface area contributed by atoms with Crippen LogP contribution in [-0.2, 0) is 9.47 Å². The molecule has 2 aromatic rings. The first-order valence-electron chi connectivity index (χ1n) is 7.26. The molecule has 0 N–H and O–H groups in total. The normalized spacial score (nSPS) is 10.2. The Balaban J connectivity index is 2.91. The first-order valence-corrected chi connectivity index (χ1v) is 7.26. The Labute approximate surface area is 140 Å². The van der Waals surface area contributed by atoms with Crippen LogP contribution < -0.4 is 4.74 Å². The zero-order valence-corrected chi connectivity index (χ0v) is 14.3. The topological polar surface area (TPSA) is 74.7 Å².